The first kappa shape index (κ1) is 12.0. The summed E-state index contributed by atoms with van der Waals surface area (Å²) in [4.78, 5) is 14.8. The van der Waals surface area contributed by atoms with Gasteiger partial charge < -0.3 is 10.4 Å². The minimum Gasteiger partial charge on any atom is -0.476 e. The first-order valence-electron chi connectivity index (χ1n) is 5.41. The van der Waals surface area contributed by atoms with E-state index in [1.165, 1.54) is 6.07 Å². The topological polar surface area (TPSA) is 88.0 Å². The molecule has 0 spiro atoms. The maximum Gasteiger partial charge on any atom is 0.356 e. The van der Waals surface area contributed by atoms with Crippen molar-refractivity contribution in [1.29, 1.82) is 0 Å². The number of hydrogen-bond acceptors (Lipinski definition) is 5. The number of rotatable bonds is 4. The van der Waals surface area contributed by atoms with Crippen LogP contribution in [0.25, 0.3) is 0 Å². The van der Waals surface area contributed by atoms with Crippen molar-refractivity contribution < 1.29 is 9.90 Å². The van der Waals surface area contributed by atoms with Crippen molar-refractivity contribution >= 4 is 11.8 Å². The van der Waals surface area contributed by atoms with Crippen molar-refractivity contribution in [2.45, 2.75) is 13.0 Å². The summed E-state index contributed by atoms with van der Waals surface area (Å²) < 4.78 is 0. The smallest absolute Gasteiger partial charge is 0.356 e. The molecule has 2 aromatic rings. The zero-order valence-electron chi connectivity index (χ0n) is 9.74. The first-order valence-corrected chi connectivity index (χ1v) is 5.41. The average Bonchev–Trinajstić information content (AvgIpc) is 2.40. The van der Waals surface area contributed by atoms with Crippen LogP contribution in [0.1, 0.15) is 29.1 Å². The van der Waals surface area contributed by atoms with Crippen molar-refractivity contribution in [1.82, 2.24) is 15.2 Å². The Morgan fingerprint density at radius 2 is 2.11 bits per heavy atom. The van der Waals surface area contributed by atoms with Gasteiger partial charge >= 0.3 is 5.97 Å². The van der Waals surface area contributed by atoms with Gasteiger partial charge in [0, 0.05) is 6.20 Å². The Morgan fingerprint density at radius 3 is 2.67 bits per heavy atom. The Hall–Kier alpha value is -2.50. The number of nitrogens with zero attached hydrogens (tertiary/aromatic N) is 3. The van der Waals surface area contributed by atoms with Gasteiger partial charge in [0.15, 0.2) is 5.69 Å². The van der Waals surface area contributed by atoms with Crippen LogP contribution in [0.5, 0.6) is 0 Å². The van der Waals surface area contributed by atoms with E-state index in [0.717, 1.165) is 5.69 Å². The fourth-order valence-corrected chi connectivity index (χ4v) is 1.45. The number of carboxylic acid groups (broad SMARTS) is 1. The Labute approximate surface area is 104 Å². The SMILES string of the molecule is CC(Nc1ccc(C(=O)O)nn1)c1ccccn1. The average molecular weight is 244 g/mol. The number of carbonyl (C=O) groups is 1. The van der Waals surface area contributed by atoms with Crippen LogP contribution in [0, 0.1) is 0 Å². The molecule has 2 N–H and O–H groups in total. The highest BCUT2D eigenvalue weighted by Crippen LogP contribution is 2.14. The minimum atomic E-state index is -1.09. The number of aromatic nitrogens is 3. The maximum atomic E-state index is 10.6. The minimum absolute atomic E-state index is 0.0313. The molecule has 0 aliphatic rings. The molecule has 2 heterocycles. The molecule has 0 bridgehead atoms. The van der Waals surface area contributed by atoms with Crippen LogP contribution in [0.15, 0.2) is 36.5 Å². The lowest BCUT2D eigenvalue weighted by molar-refractivity contribution is 0.0689. The molecule has 1 unspecified atom stereocenters. The summed E-state index contributed by atoms with van der Waals surface area (Å²) >= 11 is 0. The van der Waals surface area contributed by atoms with Gasteiger partial charge in [-0.3, -0.25) is 4.98 Å². The predicted molar refractivity (Wildman–Crippen MR) is 65.3 cm³/mol. The number of pyridine rings is 1. The maximum absolute atomic E-state index is 10.6. The van der Waals surface area contributed by atoms with Crippen LogP contribution in [0.3, 0.4) is 0 Å². The molecule has 0 aliphatic heterocycles. The summed E-state index contributed by atoms with van der Waals surface area (Å²) in [7, 11) is 0. The summed E-state index contributed by atoms with van der Waals surface area (Å²) in [5.41, 5.74) is 0.799. The molecule has 6 nitrogen and oxygen atoms in total. The second-order valence-corrected chi connectivity index (χ2v) is 3.73. The largest absolute Gasteiger partial charge is 0.476 e. The Balaban J connectivity index is 2.08. The van der Waals surface area contributed by atoms with Gasteiger partial charge in [-0.05, 0) is 31.2 Å². The first-order chi connectivity index (χ1) is 8.66. The van der Waals surface area contributed by atoms with Crippen LogP contribution in [0.2, 0.25) is 0 Å². The Kier molecular flexibility index (Phi) is 3.47. The molecular weight excluding hydrogens is 232 g/mol. The normalized spacial score (nSPS) is 11.8. The zero-order chi connectivity index (χ0) is 13.0. The summed E-state index contributed by atoms with van der Waals surface area (Å²) in [6.45, 7) is 1.94. The van der Waals surface area contributed by atoms with Crippen LogP contribution in [-0.2, 0) is 0 Å². The number of hydrogen-bond donors (Lipinski definition) is 2. The fraction of sp³-hybridized carbons (Fsp3) is 0.167. The summed E-state index contributed by atoms with van der Waals surface area (Å²) in [6, 6.07) is 8.60. The molecular formula is C12H12N4O2. The van der Waals surface area contributed by atoms with Gasteiger partial charge in [-0.15, -0.1) is 10.2 Å². The monoisotopic (exact) mass is 244 g/mol. The third-order valence-electron chi connectivity index (χ3n) is 2.38. The number of aromatic carboxylic acids is 1. The number of nitrogens with one attached hydrogen (secondary N) is 1. The summed E-state index contributed by atoms with van der Waals surface area (Å²) in [5, 5.41) is 19.2. The quantitative estimate of drug-likeness (QED) is 0.851. The van der Waals surface area contributed by atoms with Crippen LogP contribution < -0.4 is 5.32 Å². The lowest BCUT2D eigenvalue weighted by Gasteiger charge is -2.13. The molecule has 6 heteroatoms. The van der Waals surface area contributed by atoms with E-state index in [2.05, 4.69) is 20.5 Å². The molecule has 0 aliphatic carbocycles. The molecule has 2 rings (SSSR count). The number of carboxylic acids is 1. The summed E-state index contributed by atoms with van der Waals surface area (Å²) in [5.74, 6) is -0.579. The highest BCUT2D eigenvalue weighted by molar-refractivity contribution is 5.85. The van der Waals surface area contributed by atoms with Gasteiger partial charge in [-0.1, -0.05) is 6.07 Å². The van der Waals surface area contributed by atoms with E-state index in [-0.39, 0.29) is 11.7 Å². The highest BCUT2D eigenvalue weighted by atomic mass is 16.4. The van der Waals surface area contributed by atoms with Crippen LogP contribution in [-0.4, -0.2) is 26.3 Å². The van der Waals surface area contributed by atoms with Gasteiger partial charge in [0.2, 0.25) is 0 Å². The van der Waals surface area contributed by atoms with E-state index in [0.29, 0.717) is 5.82 Å². The van der Waals surface area contributed by atoms with Crippen LogP contribution in [0.4, 0.5) is 5.82 Å². The van der Waals surface area contributed by atoms with Crippen molar-refractivity contribution in [3.8, 4) is 0 Å². The van der Waals surface area contributed by atoms with E-state index in [1.54, 1.807) is 12.3 Å². The Bertz CT molecular complexity index is 528. The molecule has 0 fully saturated rings. The van der Waals surface area contributed by atoms with Gasteiger partial charge in [-0.2, -0.15) is 0 Å². The lowest BCUT2D eigenvalue weighted by Crippen LogP contribution is -2.11. The number of anilines is 1. The molecule has 0 aromatic carbocycles. The van der Waals surface area contributed by atoms with Crippen molar-refractivity contribution in [3.63, 3.8) is 0 Å². The molecule has 2 aromatic heterocycles. The van der Waals surface area contributed by atoms with E-state index in [4.69, 9.17) is 5.11 Å². The second-order valence-electron chi connectivity index (χ2n) is 3.73. The van der Waals surface area contributed by atoms with E-state index in [1.807, 2.05) is 25.1 Å². The van der Waals surface area contributed by atoms with Gasteiger partial charge in [0.05, 0.1) is 11.7 Å². The highest BCUT2D eigenvalue weighted by Gasteiger charge is 2.09. The lowest BCUT2D eigenvalue weighted by atomic mass is 10.2. The molecule has 92 valence electrons. The third-order valence-corrected chi connectivity index (χ3v) is 2.38. The molecule has 0 saturated heterocycles. The van der Waals surface area contributed by atoms with Crippen molar-refractivity contribution in [3.05, 3.63) is 47.9 Å². The third kappa shape index (κ3) is 2.79. The predicted octanol–water partition coefficient (Wildman–Crippen LogP) is 1.74. The molecule has 0 radical (unpaired) electrons. The Morgan fingerprint density at radius 1 is 1.28 bits per heavy atom. The van der Waals surface area contributed by atoms with E-state index in [9.17, 15) is 4.79 Å². The van der Waals surface area contributed by atoms with E-state index < -0.39 is 5.97 Å². The standard InChI is InChI=1S/C12H12N4O2/c1-8(9-4-2-3-7-13-9)14-11-6-5-10(12(17)18)15-16-11/h2-8H,1H3,(H,14,16)(H,17,18). The van der Waals surface area contributed by atoms with Crippen LogP contribution >= 0.6 is 0 Å². The molecule has 0 amide bonds. The molecule has 0 saturated carbocycles. The van der Waals surface area contributed by atoms with Crippen molar-refractivity contribution in [2.75, 3.05) is 5.32 Å². The fourth-order valence-electron chi connectivity index (χ4n) is 1.45. The van der Waals surface area contributed by atoms with Gasteiger partial charge in [0.25, 0.3) is 0 Å². The molecule has 1 atom stereocenters. The zero-order valence-corrected chi connectivity index (χ0v) is 9.74. The van der Waals surface area contributed by atoms with E-state index >= 15 is 0 Å². The van der Waals surface area contributed by atoms with Gasteiger partial charge in [-0.25, -0.2) is 4.79 Å². The van der Waals surface area contributed by atoms with Crippen molar-refractivity contribution in [2.24, 2.45) is 0 Å². The molecule has 18 heavy (non-hydrogen) atoms. The van der Waals surface area contributed by atoms with Gasteiger partial charge in [0.1, 0.15) is 5.82 Å². The summed E-state index contributed by atoms with van der Waals surface area (Å²) in [6.07, 6.45) is 1.71. The second kappa shape index (κ2) is 5.22.